The number of rotatable bonds is 5. The van der Waals surface area contributed by atoms with E-state index in [1.54, 1.807) is 32.2 Å². The number of anilines is 2. The number of nitrogens with zero attached hydrogens (tertiary/aromatic N) is 3. The van der Waals surface area contributed by atoms with Crippen LogP contribution in [0.5, 0.6) is 0 Å². The Balaban J connectivity index is 1.45. The molecule has 4 heterocycles. The highest BCUT2D eigenvalue weighted by molar-refractivity contribution is 6.13. The van der Waals surface area contributed by atoms with E-state index in [2.05, 4.69) is 21.0 Å². The molecule has 0 aliphatic carbocycles. The lowest BCUT2D eigenvalue weighted by molar-refractivity contribution is -0.124. The minimum atomic E-state index is -0.582. The van der Waals surface area contributed by atoms with Gasteiger partial charge in [0, 0.05) is 62.3 Å². The number of carbonyl (C=O) groups is 3. The van der Waals surface area contributed by atoms with E-state index in [9.17, 15) is 14.4 Å². The fourth-order valence-corrected chi connectivity index (χ4v) is 4.99. The van der Waals surface area contributed by atoms with Gasteiger partial charge in [-0.3, -0.25) is 19.1 Å². The Bertz CT molecular complexity index is 1390. The van der Waals surface area contributed by atoms with Crippen molar-refractivity contribution in [1.82, 2.24) is 19.7 Å². The molecule has 36 heavy (non-hydrogen) atoms. The fourth-order valence-electron chi connectivity index (χ4n) is 4.99. The van der Waals surface area contributed by atoms with E-state index in [4.69, 9.17) is 4.74 Å². The molecule has 0 radical (unpaired) electrons. The van der Waals surface area contributed by atoms with Crippen LogP contribution >= 0.6 is 0 Å². The van der Waals surface area contributed by atoms with Crippen molar-refractivity contribution < 1.29 is 19.1 Å². The topological polar surface area (TPSA) is 119 Å². The maximum absolute atomic E-state index is 13.5. The third-order valence-corrected chi connectivity index (χ3v) is 7.04. The molecule has 186 valence electrons. The maximum Gasteiger partial charge on any atom is 0.274 e. The monoisotopic (exact) mass is 488 g/mol. The van der Waals surface area contributed by atoms with Crippen molar-refractivity contribution in [3.8, 4) is 0 Å². The number of ether oxygens (including phenoxy) is 1. The number of hydrogen-bond acceptors (Lipinski definition) is 5. The minimum absolute atomic E-state index is 0.0344. The van der Waals surface area contributed by atoms with Gasteiger partial charge in [-0.1, -0.05) is 6.07 Å². The van der Waals surface area contributed by atoms with Gasteiger partial charge in [0.2, 0.25) is 5.91 Å². The molecular formula is C26H28N6O4. The molecule has 0 bridgehead atoms. The molecule has 0 unspecified atom stereocenters. The molecule has 5 rings (SSSR count). The van der Waals surface area contributed by atoms with Crippen molar-refractivity contribution in [1.29, 1.82) is 0 Å². The maximum atomic E-state index is 13.5. The van der Waals surface area contributed by atoms with E-state index in [1.165, 1.54) is 10.9 Å². The summed E-state index contributed by atoms with van der Waals surface area (Å²) in [5.74, 6) is -0.960. The Morgan fingerprint density at radius 1 is 1.11 bits per heavy atom. The van der Waals surface area contributed by atoms with Crippen LogP contribution in [0.15, 0.2) is 54.5 Å². The van der Waals surface area contributed by atoms with Gasteiger partial charge < -0.3 is 25.3 Å². The van der Waals surface area contributed by atoms with Gasteiger partial charge in [0.25, 0.3) is 11.8 Å². The highest BCUT2D eigenvalue weighted by Crippen LogP contribution is 2.45. The van der Waals surface area contributed by atoms with Crippen LogP contribution in [-0.2, 0) is 33.8 Å². The van der Waals surface area contributed by atoms with Crippen LogP contribution < -0.4 is 16.0 Å². The predicted octanol–water partition coefficient (Wildman–Crippen LogP) is 2.56. The molecule has 3 aromatic rings. The molecule has 1 aromatic carbocycles. The van der Waals surface area contributed by atoms with Gasteiger partial charge in [0.15, 0.2) is 0 Å². The summed E-state index contributed by atoms with van der Waals surface area (Å²) in [5.41, 5.74) is 3.36. The normalized spacial score (nSPS) is 16.8. The lowest BCUT2D eigenvalue weighted by atomic mass is 9.75. The van der Waals surface area contributed by atoms with Crippen LogP contribution in [0.3, 0.4) is 0 Å². The van der Waals surface area contributed by atoms with Crippen molar-refractivity contribution >= 4 is 34.7 Å². The number of amides is 3. The molecule has 1 spiro atoms. The highest BCUT2D eigenvalue weighted by atomic mass is 16.5. The number of allylic oxidation sites excluding steroid dienone is 1. The number of nitrogens with one attached hydrogen (secondary N) is 3. The Morgan fingerprint density at radius 3 is 2.56 bits per heavy atom. The Hall–Kier alpha value is -4.18. The fraction of sp³-hybridized carbons (Fsp3) is 0.308. The SMILES string of the molecule is CC(=C(NC(=O)c1ccnn1C)C(=O)Nc1ccc2c(c1)NC(=O)C21CCOCC1)c1cccn1C. The average molecular weight is 489 g/mol. The molecule has 1 saturated heterocycles. The molecule has 3 amide bonds. The first-order valence-electron chi connectivity index (χ1n) is 11.8. The first-order chi connectivity index (χ1) is 17.3. The van der Waals surface area contributed by atoms with E-state index in [1.807, 2.05) is 36.0 Å². The van der Waals surface area contributed by atoms with Crippen molar-refractivity contribution in [2.75, 3.05) is 23.8 Å². The van der Waals surface area contributed by atoms with E-state index >= 15 is 0 Å². The number of hydrogen-bond donors (Lipinski definition) is 3. The van der Waals surface area contributed by atoms with Crippen LogP contribution in [0.2, 0.25) is 0 Å². The number of benzene rings is 1. The summed E-state index contributed by atoms with van der Waals surface area (Å²) >= 11 is 0. The summed E-state index contributed by atoms with van der Waals surface area (Å²) < 4.78 is 8.78. The first kappa shape index (κ1) is 23.6. The van der Waals surface area contributed by atoms with Crippen molar-refractivity contribution in [3.63, 3.8) is 0 Å². The molecule has 2 aliphatic rings. The Labute approximate surface area is 208 Å². The number of fused-ring (bicyclic) bond motifs is 2. The van der Waals surface area contributed by atoms with Crippen LogP contribution in [0.4, 0.5) is 11.4 Å². The summed E-state index contributed by atoms with van der Waals surface area (Å²) in [4.78, 5) is 39.3. The van der Waals surface area contributed by atoms with Crippen molar-refractivity contribution in [2.45, 2.75) is 25.2 Å². The quantitative estimate of drug-likeness (QED) is 0.477. The molecule has 10 heteroatoms. The van der Waals surface area contributed by atoms with E-state index in [0.29, 0.717) is 48.7 Å². The number of aromatic nitrogens is 3. The smallest absolute Gasteiger partial charge is 0.274 e. The van der Waals surface area contributed by atoms with E-state index in [-0.39, 0.29) is 11.6 Å². The second-order valence-corrected chi connectivity index (χ2v) is 9.16. The molecule has 2 aliphatic heterocycles. The van der Waals surface area contributed by atoms with E-state index < -0.39 is 17.2 Å². The van der Waals surface area contributed by atoms with Crippen molar-refractivity contribution in [3.05, 3.63) is 71.4 Å². The summed E-state index contributed by atoms with van der Waals surface area (Å²) in [6, 6.07) is 10.7. The molecule has 0 saturated carbocycles. The highest BCUT2D eigenvalue weighted by Gasteiger charge is 2.47. The first-order valence-corrected chi connectivity index (χ1v) is 11.8. The number of aryl methyl sites for hydroxylation is 2. The van der Waals surface area contributed by atoms with Gasteiger partial charge in [-0.25, -0.2) is 0 Å². The van der Waals surface area contributed by atoms with Gasteiger partial charge in [-0.15, -0.1) is 0 Å². The van der Waals surface area contributed by atoms with Crippen LogP contribution in [0, 0.1) is 0 Å². The lowest BCUT2D eigenvalue weighted by Crippen LogP contribution is -2.39. The van der Waals surface area contributed by atoms with Crippen LogP contribution in [0.25, 0.3) is 5.57 Å². The molecule has 3 N–H and O–H groups in total. The summed E-state index contributed by atoms with van der Waals surface area (Å²) in [6.07, 6.45) is 4.64. The molecule has 2 aromatic heterocycles. The van der Waals surface area contributed by atoms with Gasteiger partial charge in [-0.2, -0.15) is 5.10 Å². The minimum Gasteiger partial charge on any atom is -0.381 e. The Kier molecular flexibility index (Phi) is 5.97. The zero-order valence-corrected chi connectivity index (χ0v) is 20.4. The third kappa shape index (κ3) is 3.99. The van der Waals surface area contributed by atoms with Gasteiger partial charge in [0.1, 0.15) is 11.4 Å². The lowest BCUT2D eigenvalue weighted by Gasteiger charge is -2.31. The second kappa shape index (κ2) is 9.12. The summed E-state index contributed by atoms with van der Waals surface area (Å²) in [5, 5.41) is 12.7. The standard InChI is InChI=1S/C26H28N6O4/c1-16(20-5-4-12-31(20)2)22(30-23(33)21-8-11-27-32(21)3)24(34)28-17-6-7-18-19(15-17)29-25(35)26(18)9-13-36-14-10-26/h4-8,11-12,15H,9-10,13-14H2,1-3H3,(H,28,34)(H,29,35)(H,30,33). The number of carbonyl (C=O) groups excluding carboxylic acids is 3. The summed E-state index contributed by atoms with van der Waals surface area (Å²) in [7, 11) is 3.53. The zero-order chi connectivity index (χ0) is 25.4. The van der Waals surface area contributed by atoms with Crippen LogP contribution in [0.1, 0.15) is 41.5 Å². The van der Waals surface area contributed by atoms with Gasteiger partial charge in [-0.05, 0) is 55.7 Å². The molecular weight excluding hydrogens is 460 g/mol. The Morgan fingerprint density at radius 2 is 1.89 bits per heavy atom. The summed E-state index contributed by atoms with van der Waals surface area (Å²) in [6.45, 7) is 2.86. The van der Waals surface area contributed by atoms with Crippen LogP contribution in [-0.4, -0.2) is 45.3 Å². The molecule has 0 atom stereocenters. The second-order valence-electron chi connectivity index (χ2n) is 9.16. The third-order valence-electron chi connectivity index (χ3n) is 7.04. The molecule has 1 fully saturated rings. The molecule has 10 nitrogen and oxygen atoms in total. The average Bonchev–Trinajstić information content (AvgIpc) is 3.55. The van der Waals surface area contributed by atoms with E-state index in [0.717, 1.165) is 11.3 Å². The predicted molar refractivity (Wildman–Crippen MR) is 134 cm³/mol. The van der Waals surface area contributed by atoms with Crippen molar-refractivity contribution in [2.24, 2.45) is 14.1 Å². The largest absolute Gasteiger partial charge is 0.381 e. The zero-order valence-electron chi connectivity index (χ0n) is 20.4. The van der Waals surface area contributed by atoms with Gasteiger partial charge in [0.05, 0.1) is 5.41 Å². The van der Waals surface area contributed by atoms with Gasteiger partial charge >= 0.3 is 0 Å².